The van der Waals surface area contributed by atoms with Gasteiger partial charge in [-0.3, -0.25) is 5.10 Å². The van der Waals surface area contributed by atoms with Crippen molar-refractivity contribution in [3.8, 4) is 17.1 Å². The highest BCUT2D eigenvalue weighted by atomic mass is 127. The smallest absolute Gasteiger partial charge is 0.407 e. The number of alkyl carbamates (subject to hydrolysis) is 1. The van der Waals surface area contributed by atoms with Crippen LogP contribution in [0.5, 0.6) is 5.75 Å². The normalized spacial score (nSPS) is 11.3. The molecule has 1 aromatic carbocycles. The van der Waals surface area contributed by atoms with Gasteiger partial charge in [-0.1, -0.05) is 0 Å². The first-order valence-corrected chi connectivity index (χ1v) is 10.4. The third-order valence-corrected chi connectivity index (χ3v) is 3.93. The number of guanidine groups is 1. The highest BCUT2D eigenvalue weighted by molar-refractivity contribution is 14.0. The number of hydrogen-bond acceptors (Lipinski definition) is 6. The summed E-state index contributed by atoms with van der Waals surface area (Å²) in [5, 5.41) is 16.3. The first kappa shape index (κ1) is 27.5. The van der Waals surface area contributed by atoms with Gasteiger partial charge in [0.25, 0.3) is 0 Å². The van der Waals surface area contributed by atoms with Crippen molar-refractivity contribution in [3.05, 3.63) is 30.1 Å². The van der Waals surface area contributed by atoms with E-state index in [4.69, 9.17) is 9.47 Å². The number of rotatable bonds is 9. The third kappa shape index (κ3) is 10.2. The van der Waals surface area contributed by atoms with Crippen LogP contribution in [0.4, 0.5) is 4.79 Å². The average molecular weight is 559 g/mol. The van der Waals surface area contributed by atoms with Gasteiger partial charge in [-0.05, 0) is 58.4 Å². The predicted octanol–water partition coefficient (Wildman–Crippen LogP) is 3.07. The Morgan fingerprint density at radius 2 is 1.81 bits per heavy atom. The maximum absolute atomic E-state index is 11.6. The van der Waals surface area contributed by atoms with Crippen LogP contribution in [0.25, 0.3) is 11.4 Å². The summed E-state index contributed by atoms with van der Waals surface area (Å²) in [6, 6.07) is 7.56. The SMILES string of the molecule is CCNC(=NCc1nc(-c2ccc(OC)cc2)n[nH]1)NCCCNC(=O)OC(C)(C)C.I. The van der Waals surface area contributed by atoms with Crippen molar-refractivity contribution in [2.75, 3.05) is 26.7 Å². The Kier molecular flexibility index (Phi) is 11.8. The average Bonchev–Trinajstić information content (AvgIpc) is 3.19. The van der Waals surface area contributed by atoms with Gasteiger partial charge in [-0.25, -0.2) is 14.8 Å². The van der Waals surface area contributed by atoms with Crippen molar-refractivity contribution in [2.45, 2.75) is 46.3 Å². The molecule has 1 aromatic heterocycles. The van der Waals surface area contributed by atoms with Gasteiger partial charge in [-0.2, -0.15) is 5.10 Å². The highest BCUT2D eigenvalue weighted by Gasteiger charge is 2.15. The van der Waals surface area contributed by atoms with Crippen LogP contribution in [0.15, 0.2) is 29.3 Å². The van der Waals surface area contributed by atoms with E-state index in [1.165, 1.54) is 0 Å². The summed E-state index contributed by atoms with van der Waals surface area (Å²) < 4.78 is 10.4. The molecule has 0 aliphatic carbocycles. The number of aromatic amines is 1. The molecule has 0 saturated carbocycles. The predicted molar refractivity (Wildman–Crippen MR) is 135 cm³/mol. The first-order valence-electron chi connectivity index (χ1n) is 10.4. The number of aliphatic imine (C=N–C) groups is 1. The van der Waals surface area contributed by atoms with Crippen LogP contribution in [-0.2, 0) is 11.3 Å². The van der Waals surface area contributed by atoms with E-state index >= 15 is 0 Å². The van der Waals surface area contributed by atoms with Crippen LogP contribution in [0.3, 0.4) is 0 Å². The molecule has 0 fully saturated rings. The summed E-state index contributed by atoms with van der Waals surface area (Å²) in [4.78, 5) is 20.7. The van der Waals surface area contributed by atoms with E-state index in [1.807, 2.05) is 52.0 Å². The fourth-order valence-corrected chi connectivity index (χ4v) is 2.53. The second-order valence-electron chi connectivity index (χ2n) is 7.74. The number of amides is 1. The molecule has 178 valence electrons. The van der Waals surface area contributed by atoms with Gasteiger partial charge in [0, 0.05) is 25.2 Å². The summed E-state index contributed by atoms with van der Waals surface area (Å²) in [6.45, 7) is 9.75. The monoisotopic (exact) mass is 559 g/mol. The highest BCUT2D eigenvalue weighted by Crippen LogP contribution is 2.19. The zero-order valence-corrected chi connectivity index (χ0v) is 21.6. The number of nitrogens with one attached hydrogen (secondary N) is 4. The molecule has 0 bridgehead atoms. The van der Waals surface area contributed by atoms with Gasteiger partial charge in [0.15, 0.2) is 11.8 Å². The lowest BCUT2D eigenvalue weighted by molar-refractivity contribution is 0.0527. The maximum Gasteiger partial charge on any atom is 0.407 e. The number of methoxy groups -OCH3 is 1. The zero-order valence-electron chi connectivity index (χ0n) is 19.3. The molecule has 2 rings (SSSR count). The number of benzene rings is 1. The lowest BCUT2D eigenvalue weighted by atomic mass is 10.2. The number of aromatic nitrogens is 3. The summed E-state index contributed by atoms with van der Waals surface area (Å²) in [5.74, 6) is 2.72. The van der Waals surface area contributed by atoms with Crippen LogP contribution in [0.1, 0.15) is 39.9 Å². The van der Waals surface area contributed by atoms with Crippen molar-refractivity contribution < 1.29 is 14.3 Å². The Balaban J connectivity index is 0.00000512. The summed E-state index contributed by atoms with van der Waals surface area (Å²) >= 11 is 0. The topological polar surface area (TPSA) is 126 Å². The molecule has 0 aliphatic heterocycles. The van der Waals surface area contributed by atoms with Crippen molar-refractivity contribution >= 4 is 36.0 Å². The number of nitrogens with zero attached hydrogens (tertiary/aromatic N) is 3. The van der Waals surface area contributed by atoms with Crippen LogP contribution < -0.4 is 20.7 Å². The van der Waals surface area contributed by atoms with Gasteiger partial charge in [0.05, 0.1) is 7.11 Å². The number of carbonyl (C=O) groups is 1. The molecule has 0 unspecified atom stereocenters. The molecule has 0 radical (unpaired) electrons. The molecule has 1 heterocycles. The van der Waals surface area contributed by atoms with Gasteiger partial charge in [0.2, 0.25) is 0 Å². The number of ether oxygens (including phenoxy) is 2. The Morgan fingerprint density at radius 1 is 1.12 bits per heavy atom. The molecule has 10 nitrogen and oxygen atoms in total. The second kappa shape index (κ2) is 13.8. The molecule has 0 saturated heterocycles. The number of halogens is 1. The van der Waals surface area contributed by atoms with Gasteiger partial charge >= 0.3 is 6.09 Å². The summed E-state index contributed by atoms with van der Waals surface area (Å²) in [5.41, 5.74) is 0.399. The Hall–Kier alpha value is -2.57. The molecule has 0 atom stereocenters. The molecule has 1 amide bonds. The molecule has 32 heavy (non-hydrogen) atoms. The third-order valence-electron chi connectivity index (χ3n) is 3.93. The molecule has 0 spiro atoms. The number of H-pyrrole nitrogens is 1. The van der Waals surface area contributed by atoms with Crippen molar-refractivity contribution in [1.82, 2.24) is 31.1 Å². The van der Waals surface area contributed by atoms with E-state index in [1.54, 1.807) is 7.11 Å². The largest absolute Gasteiger partial charge is 0.497 e. The fourth-order valence-electron chi connectivity index (χ4n) is 2.53. The zero-order chi connectivity index (χ0) is 22.7. The van der Waals surface area contributed by atoms with Crippen LogP contribution in [0.2, 0.25) is 0 Å². The van der Waals surface area contributed by atoms with Crippen molar-refractivity contribution in [3.63, 3.8) is 0 Å². The van der Waals surface area contributed by atoms with Crippen LogP contribution in [0, 0.1) is 0 Å². The second-order valence-corrected chi connectivity index (χ2v) is 7.74. The summed E-state index contributed by atoms with van der Waals surface area (Å²) in [6.07, 6.45) is 0.319. The Labute approximate surface area is 206 Å². The molecule has 2 aromatic rings. The van der Waals surface area contributed by atoms with E-state index < -0.39 is 11.7 Å². The maximum atomic E-state index is 11.6. The Morgan fingerprint density at radius 3 is 2.44 bits per heavy atom. The standard InChI is InChI=1S/C21H33N7O3.HI/c1-6-22-19(23-12-7-13-24-20(29)31-21(2,3)4)25-14-17-26-18(28-27-17)15-8-10-16(30-5)11-9-15;/h8-11H,6-7,12-14H2,1-5H3,(H,24,29)(H2,22,23,25)(H,26,27,28);1H. The summed E-state index contributed by atoms with van der Waals surface area (Å²) in [7, 11) is 1.63. The van der Waals surface area contributed by atoms with Crippen LogP contribution >= 0.6 is 24.0 Å². The van der Waals surface area contributed by atoms with Crippen molar-refractivity contribution in [1.29, 1.82) is 0 Å². The molecule has 11 heteroatoms. The fraction of sp³-hybridized carbons (Fsp3) is 0.524. The number of carbonyl (C=O) groups excluding carboxylic acids is 1. The van der Waals surface area contributed by atoms with Gasteiger partial charge in [-0.15, -0.1) is 24.0 Å². The Bertz CT molecular complexity index is 848. The first-order chi connectivity index (χ1) is 14.8. The van der Waals surface area contributed by atoms with Crippen molar-refractivity contribution in [2.24, 2.45) is 4.99 Å². The minimum atomic E-state index is -0.499. The van der Waals surface area contributed by atoms with E-state index in [-0.39, 0.29) is 24.0 Å². The van der Waals surface area contributed by atoms with E-state index in [0.717, 1.165) is 24.3 Å². The minimum absolute atomic E-state index is 0. The quantitative estimate of drug-likeness (QED) is 0.161. The molecular formula is C21H34IN7O3. The molecule has 4 N–H and O–H groups in total. The van der Waals surface area contributed by atoms with Crippen LogP contribution in [-0.4, -0.2) is 59.6 Å². The van der Waals surface area contributed by atoms with Gasteiger partial charge in [0.1, 0.15) is 23.7 Å². The van der Waals surface area contributed by atoms with E-state index in [0.29, 0.717) is 37.2 Å². The van der Waals surface area contributed by atoms with E-state index in [2.05, 4.69) is 36.1 Å². The lowest BCUT2D eigenvalue weighted by Gasteiger charge is -2.19. The molecular weight excluding hydrogens is 525 g/mol. The molecule has 0 aliphatic rings. The lowest BCUT2D eigenvalue weighted by Crippen LogP contribution is -2.39. The van der Waals surface area contributed by atoms with Gasteiger partial charge < -0.3 is 25.4 Å². The number of hydrogen-bond donors (Lipinski definition) is 4. The van der Waals surface area contributed by atoms with E-state index in [9.17, 15) is 4.79 Å². The minimum Gasteiger partial charge on any atom is -0.497 e.